The summed E-state index contributed by atoms with van der Waals surface area (Å²) in [7, 11) is 0. The molecule has 9 heteroatoms. The number of rotatable bonds is 6. The molecule has 1 aliphatic heterocycles. The van der Waals surface area contributed by atoms with Crippen LogP contribution < -0.4 is 5.32 Å². The first-order valence-electron chi connectivity index (χ1n) is 11.1. The average Bonchev–Trinajstić information content (AvgIpc) is 3.20. The lowest BCUT2D eigenvalue weighted by molar-refractivity contribution is -0.138. The maximum atomic E-state index is 14.4. The van der Waals surface area contributed by atoms with Crippen LogP contribution >= 0.6 is 0 Å². The third-order valence-electron chi connectivity index (χ3n) is 6.28. The zero-order valence-corrected chi connectivity index (χ0v) is 18.6. The van der Waals surface area contributed by atoms with E-state index in [0.717, 1.165) is 24.6 Å². The number of nitrogens with one attached hydrogen (secondary N) is 2. The first kappa shape index (κ1) is 23.2. The fourth-order valence-corrected chi connectivity index (χ4v) is 4.44. The van der Waals surface area contributed by atoms with Crippen molar-refractivity contribution in [3.8, 4) is 0 Å². The Hall–Kier alpha value is -2.94. The maximum Gasteiger partial charge on any atom is 0.416 e. The summed E-state index contributed by atoms with van der Waals surface area (Å²) in [4.78, 5) is 6.50. The van der Waals surface area contributed by atoms with Crippen molar-refractivity contribution in [3.05, 3.63) is 70.8 Å². The van der Waals surface area contributed by atoms with Crippen molar-refractivity contribution in [2.75, 3.05) is 18.4 Å². The van der Waals surface area contributed by atoms with E-state index in [2.05, 4.69) is 25.4 Å². The van der Waals surface area contributed by atoms with E-state index >= 15 is 0 Å². The number of hydrogen-bond donors (Lipinski definition) is 2. The lowest BCUT2D eigenvalue weighted by atomic mass is 9.90. The Balaban J connectivity index is 1.38. The fraction of sp³-hybridized carbons (Fsp3) is 0.417. The molecule has 1 atom stereocenters. The van der Waals surface area contributed by atoms with Gasteiger partial charge in [0, 0.05) is 17.8 Å². The zero-order chi connectivity index (χ0) is 23.6. The molecule has 0 spiro atoms. The molecule has 2 aromatic heterocycles. The van der Waals surface area contributed by atoms with Gasteiger partial charge in [0.15, 0.2) is 5.82 Å². The molecule has 0 saturated carbocycles. The predicted molar refractivity (Wildman–Crippen MR) is 119 cm³/mol. The van der Waals surface area contributed by atoms with Gasteiger partial charge >= 0.3 is 6.18 Å². The highest BCUT2D eigenvalue weighted by Gasteiger charge is 2.35. The molecule has 4 rings (SSSR count). The van der Waals surface area contributed by atoms with Gasteiger partial charge in [0.25, 0.3) is 0 Å². The van der Waals surface area contributed by atoms with Crippen molar-refractivity contribution < 1.29 is 17.6 Å². The van der Waals surface area contributed by atoms with Crippen LogP contribution in [0.4, 0.5) is 29.2 Å². The summed E-state index contributed by atoms with van der Waals surface area (Å²) in [5.74, 6) is 0.997. The molecular weight excluding hydrogens is 434 g/mol. The predicted octanol–water partition coefficient (Wildman–Crippen LogP) is 6.03. The van der Waals surface area contributed by atoms with Crippen LogP contribution in [0.15, 0.2) is 42.5 Å². The van der Waals surface area contributed by atoms with Crippen LogP contribution in [-0.4, -0.2) is 33.2 Å². The Morgan fingerprint density at radius 1 is 1.12 bits per heavy atom. The average molecular weight is 462 g/mol. The van der Waals surface area contributed by atoms with E-state index in [-0.39, 0.29) is 17.8 Å². The summed E-state index contributed by atoms with van der Waals surface area (Å²) in [5.41, 5.74) is 1.01. The van der Waals surface area contributed by atoms with Crippen molar-refractivity contribution in [1.29, 1.82) is 0 Å². The SMILES string of the molecule is Cc1cc(Nc2ccc(F)c(CC3CCN([C@@H](C)c4ccccc4C(F)(F)F)CC3)n2)n[nH]1. The van der Waals surface area contributed by atoms with Crippen LogP contribution in [0.2, 0.25) is 0 Å². The molecular formula is C24H27F4N5. The molecule has 0 aliphatic carbocycles. The molecule has 1 saturated heterocycles. The van der Waals surface area contributed by atoms with Crippen LogP contribution in [0, 0.1) is 18.7 Å². The van der Waals surface area contributed by atoms with Gasteiger partial charge in [-0.1, -0.05) is 18.2 Å². The van der Waals surface area contributed by atoms with Crippen molar-refractivity contribution in [3.63, 3.8) is 0 Å². The number of hydrogen-bond acceptors (Lipinski definition) is 4. The smallest absolute Gasteiger partial charge is 0.323 e. The number of aromatic nitrogens is 3. The highest BCUT2D eigenvalue weighted by atomic mass is 19.4. The number of aromatic amines is 1. The Bertz CT molecular complexity index is 1090. The van der Waals surface area contributed by atoms with E-state index < -0.39 is 11.7 Å². The van der Waals surface area contributed by atoms with E-state index in [1.807, 2.05) is 19.9 Å². The number of halogens is 4. The first-order chi connectivity index (χ1) is 15.7. The van der Waals surface area contributed by atoms with Crippen LogP contribution in [0.1, 0.15) is 48.3 Å². The number of pyridine rings is 1. The third kappa shape index (κ3) is 5.52. The van der Waals surface area contributed by atoms with E-state index in [9.17, 15) is 17.6 Å². The summed E-state index contributed by atoms with van der Waals surface area (Å²) < 4.78 is 54.7. The molecule has 33 heavy (non-hydrogen) atoms. The second kappa shape index (κ2) is 9.51. The summed E-state index contributed by atoms with van der Waals surface area (Å²) in [5, 5.41) is 10.0. The molecule has 1 aromatic carbocycles. The molecule has 1 fully saturated rings. The number of H-pyrrole nitrogens is 1. The molecule has 3 heterocycles. The molecule has 0 amide bonds. The van der Waals surface area contributed by atoms with Gasteiger partial charge in [-0.05, 0) is 75.9 Å². The Labute approximate surface area is 190 Å². The maximum absolute atomic E-state index is 14.4. The summed E-state index contributed by atoms with van der Waals surface area (Å²) >= 11 is 0. The van der Waals surface area contributed by atoms with E-state index in [1.165, 1.54) is 12.1 Å². The van der Waals surface area contributed by atoms with Gasteiger partial charge in [-0.15, -0.1) is 0 Å². The van der Waals surface area contributed by atoms with Crippen LogP contribution in [-0.2, 0) is 12.6 Å². The lowest BCUT2D eigenvalue weighted by Gasteiger charge is -2.37. The minimum Gasteiger partial charge on any atom is -0.323 e. The van der Waals surface area contributed by atoms with Crippen LogP contribution in [0.3, 0.4) is 0 Å². The van der Waals surface area contributed by atoms with Gasteiger partial charge in [0.05, 0.1) is 11.3 Å². The number of benzene rings is 1. The zero-order valence-electron chi connectivity index (χ0n) is 18.6. The number of aryl methyl sites for hydroxylation is 1. The normalized spacial score (nSPS) is 16.7. The minimum atomic E-state index is -4.37. The highest BCUT2D eigenvalue weighted by Crippen LogP contribution is 2.37. The lowest BCUT2D eigenvalue weighted by Crippen LogP contribution is -2.37. The molecule has 3 aromatic rings. The quantitative estimate of drug-likeness (QED) is 0.440. The van der Waals surface area contributed by atoms with Gasteiger partial charge in [0.1, 0.15) is 11.6 Å². The number of piperidine rings is 1. The monoisotopic (exact) mass is 461 g/mol. The largest absolute Gasteiger partial charge is 0.416 e. The van der Waals surface area contributed by atoms with Gasteiger partial charge in [0.2, 0.25) is 0 Å². The van der Waals surface area contributed by atoms with Gasteiger partial charge in [-0.25, -0.2) is 9.37 Å². The van der Waals surface area contributed by atoms with Crippen LogP contribution in [0.5, 0.6) is 0 Å². The van der Waals surface area contributed by atoms with Crippen molar-refractivity contribution in [2.24, 2.45) is 5.92 Å². The van der Waals surface area contributed by atoms with E-state index in [4.69, 9.17) is 0 Å². The van der Waals surface area contributed by atoms with Gasteiger partial charge in [-0.3, -0.25) is 10.00 Å². The molecule has 2 N–H and O–H groups in total. The van der Waals surface area contributed by atoms with Crippen molar-refractivity contribution in [1.82, 2.24) is 20.1 Å². The van der Waals surface area contributed by atoms with Crippen LogP contribution in [0.25, 0.3) is 0 Å². The molecule has 1 aliphatic rings. The fourth-order valence-electron chi connectivity index (χ4n) is 4.44. The van der Waals surface area contributed by atoms with Crippen molar-refractivity contribution in [2.45, 2.75) is 45.3 Å². The minimum absolute atomic E-state index is 0.219. The van der Waals surface area contributed by atoms with E-state index in [0.29, 0.717) is 42.4 Å². The summed E-state index contributed by atoms with van der Waals surface area (Å²) in [6.45, 7) is 5.02. The summed E-state index contributed by atoms with van der Waals surface area (Å²) in [6.07, 6.45) is -2.34. The standard InChI is InChI=1S/C24H27F4N5/c1-15-13-23(32-31-15)30-22-8-7-20(25)21(29-22)14-17-9-11-33(12-10-17)16(2)18-5-3-4-6-19(18)24(26,27)28/h3-8,13,16-17H,9-12,14H2,1-2H3,(H2,29,30,31,32)/t16-/m0/s1. The summed E-state index contributed by atoms with van der Waals surface area (Å²) in [6, 6.07) is 10.2. The molecule has 5 nitrogen and oxygen atoms in total. The third-order valence-corrected chi connectivity index (χ3v) is 6.28. The first-order valence-corrected chi connectivity index (χ1v) is 11.1. The Morgan fingerprint density at radius 2 is 1.85 bits per heavy atom. The number of likely N-dealkylation sites (tertiary alicyclic amines) is 1. The Kier molecular flexibility index (Phi) is 6.69. The van der Waals surface area contributed by atoms with Gasteiger partial charge < -0.3 is 5.32 Å². The van der Waals surface area contributed by atoms with Crippen molar-refractivity contribution >= 4 is 11.6 Å². The highest BCUT2D eigenvalue weighted by molar-refractivity contribution is 5.51. The molecule has 0 unspecified atom stereocenters. The second-order valence-corrected chi connectivity index (χ2v) is 8.63. The van der Waals surface area contributed by atoms with Gasteiger partial charge in [-0.2, -0.15) is 18.3 Å². The Morgan fingerprint density at radius 3 is 2.52 bits per heavy atom. The number of alkyl halides is 3. The molecule has 176 valence electrons. The topological polar surface area (TPSA) is 56.8 Å². The molecule has 0 bridgehead atoms. The number of nitrogens with zero attached hydrogens (tertiary/aromatic N) is 3. The second-order valence-electron chi connectivity index (χ2n) is 8.63. The van der Waals surface area contributed by atoms with E-state index in [1.54, 1.807) is 18.2 Å². The number of anilines is 2. The molecule has 0 radical (unpaired) electrons.